The Morgan fingerprint density at radius 1 is 1.29 bits per heavy atom. The molecule has 1 unspecified atom stereocenters. The Morgan fingerprint density at radius 2 is 2.17 bits per heavy atom. The van der Waals surface area contributed by atoms with E-state index in [0.717, 1.165) is 37.2 Å². The van der Waals surface area contributed by atoms with Crippen molar-refractivity contribution in [1.82, 2.24) is 24.8 Å². The first-order valence-corrected chi connectivity index (χ1v) is 8.58. The molecule has 0 aromatic carbocycles. The summed E-state index contributed by atoms with van der Waals surface area (Å²) >= 11 is 0. The molecule has 2 amide bonds. The molecule has 4 rings (SSSR count). The third-order valence-electron chi connectivity index (χ3n) is 4.78. The minimum absolute atomic E-state index is 0.00222. The standard InChI is InChI=1S/C17H21N5O2/c23-16-10-12(11-22(16)13-6-7-13)17(24)18-8-3-5-15-20-19-14-4-1-2-9-21(14)15/h1-2,4,9,12-13H,3,5-8,10-11H2,(H,18,24). The van der Waals surface area contributed by atoms with Crippen molar-refractivity contribution in [2.45, 2.75) is 38.1 Å². The fourth-order valence-electron chi connectivity index (χ4n) is 3.31. The van der Waals surface area contributed by atoms with Gasteiger partial charge in [0.15, 0.2) is 5.65 Å². The highest BCUT2D eigenvalue weighted by Crippen LogP contribution is 2.32. The lowest BCUT2D eigenvalue weighted by molar-refractivity contribution is -0.129. The second-order valence-electron chi connectivity index (χ2n) is 6.62. The zero-order valence-corrected chi connectivity index (χ0v) is 13.5. The number of aryl methyl sites for hydroxylation is 1. The summed E-state index contributed by atoms with van der Waals surface area (Å²) in [5.41, 5.74) is 0.834. The minimum atomic E-state index is -0.188. The molecule has 7 heteroatoms. The number of carbonyl (C=O) groups excluding carboxylic acids is 2. The van der Waals surface area contributed by atoms with Crippen LogP contribution in [-0.2, 0) is 16.0 Å². The number of nitrogens with one attached hydrogen (secondary N) is 1. The highest BCUT2D eigenvalue weighted by Gasteiger charge is 2.41. The van der Waals surface area contributed by atoms with Gasteiger partial charge in [-0.1, -0.05) is 6.07 Å². The van der Waals surface area contributed by atoms with Gasteiger partial charge in [0.05, 0.1) is 5.92 Å². The summed E-state index contributed by atoms with van der Waals surface area (Å²) in [7, 11) is 0. The molecule has 1 saturated heterocycles. The van der Waals surface area contributed by atoms with E-state index in [2.05, 4.69) is 15.5 Å². The van der Waals surface area contributed by atoms with Crippen molar-refractivity contribution in [3.8, 4) is 0 Å². The van der Waals surface area contributed by atoms with Crippen LogP contribution in [0.4, 0.5) is 0 Å². The van der Waals surface area contributed by atoms with Gasteiger partial charge in [-0.3, -0.25) is 14.0 Å². The molecule has 2 aromatic rings. The maximum absolute atomic E-state index is 12.2. The third-order valence-corrected chi connectivity index (χ3v) is 4.78. The van der Waals surface area contributed by atoms with Gasteiger partial charge in [-0.2, -0.15) is 0 Å². The van der Waals surface area contributed by atoms with E-state index < -0.39 is 0 Å². The van der Waals surface area contributed by atoms with E-state index >= 15 is 0 Å². The molecule has 1 saturated carbocycles. The fraction of sp³-hybridized carbons (Fsp3) is 0.529. The van der Waals surface area contributed by atoms with Crippen LogP contribution in [0, 0.1) is 5.92 Å². The van der Waals surface area contributed by atoms with E-state index in [0.29, 0.717) is 25.6 Å². The summed E-state index contributed by atoms with van der Waals surface area (Å²) < 4.78 is 1.96. The zero-order valence-electron chi connectivity index (χ0n) is 13.5. The van der Waals surface area contributed by atoms with E-state index in [9.17, 15) is 9.59 Å². The first kappa shape index (κ1) is 15.1. The molecule has 3 heterocycles. The van der Waals surface area contributed by atoms with Crippen LogP contribution in [0.15, 0.2) is 24.4 Å². The summed E-state index contributed by atoms with van der Waals surface area (Å²) in [5, 5.41) is 11.3. The van der Waals surface area contributed by atoms with E-state index in [4.69, 9.17) is 0 Å². The molecule has 1 aliphatic heterocycles. The van der Waals surface area contributed by atoms with Crippen LogP contribution in [0.5, 0.6) is 0 Å². The summed E-state index contributed by atoms with van der Waals surface area (Å²) in [6.07, 6.45) is 6.04. The maximum atomic E-state index is 12.2. The van der Waals surface area contributed by atoms with Crippen molar-refractivity contribution >= 4 is 17.5 Å². The molecule has 1 N–H and O–H groups in total. The van der Waals surface area contributed by atoms with Gasteiger partial charge in [0.2, 0.25) is 11.8 Å². The zero-order chi connectivity index (χ0) is 16.5. The van der Waals surface area contributed by atoms with Gasteiger partial charge in [-0.25, -0.2) is 0 Å². The van der Waals surface area contributed by atoms with E-state index in [1.54, 1.807) is 0 Å². The molecule has 0 radical (unpaired) electrons. The van der Waals surface area contributed by atoms with Crippen LogP contribution in [-0.4, -0.2) is 50.4 Å². The van der Waals surface area contributed by atoms with Gasteiger partial charge in [0.1, 0.15) is 5.82 Å². The average molecular weight is 327 g/mol. The molecule has 0 bridgehead atoms. The summed E-state index contributed by atoms with van der Waals surface area (Å²) in [6.45, 7) is 1.18. The number of aromatic nitrogens is 3. The van der Waals surface area contributed by atoms with Crippen molar-refractivity contribution in [1.29, 1.82) is 0 Å². The first-order chi connectivity index (χ1) is 11.7. The molecule has 2 aliphatic rings. The number of hydrogen-bond donors (Lipinski definition) is 1. The van der Waals surface area contributed by atoms with Gasteiger partial charge < -0.3 is 10.2 Å². The number of carbonyl (C=O) groups is 2. The first-order valence-electron chi connectivity index (χ1n) is 8.58. The van der Waals surface area contributed by atoms with Crippen LogP contribution in [0.1, 0.15) is 31.5 Å². The monoisotopic (exact) mass is 327 g/mol. The molecule has 1 atom stereocenters. The third kappa shape index (κ3) is 2.98. The average Bonchev–Trinajstić information content (AvgIpc) is 3.24. The van der Waals surface area contributed by atoms with Gasteiger partial charge >= 0.3 is 0 Å². The largest absolute Gasteiger partial charge is 0.356 e. The van der Waals surface area contributed by atoms with Crippen molar-refractivity contribution in [2.75, 3.05) is 13.1 Å². The number of amides is 2. The molecule has 2 aromatic heterocycles. The topological polar surface area (TPSA) is 79.6 Å². The molecule has 126 valence electrons. The second kappa shape index (κ2) is 6.22. The highest BCUT2D eigenvalue weighted by molar-refractivity contribution is 5.89. The number of nitrogens with zero attached hydrogens (tertiary/aromatic N) is 4. The molecule has 1 aliphatic carbocycles. The molecular formula is C17H21N5O2. The van der Waals surface area contributed by atoms with Crippen LogP contribution >= 0.6 is 0 Å². The van der Waals surface area contributed by atoms with Gasteiger partial charge in [-0.15, -0.1) is 10.2 Å². The van der Waals surface area contributed by atoms with Crippen molar-refractivity contribution < 1.29 is 9.59 Å². The van der Waals surface area contributed by atoms with Crippen LogP contribution in [0.2, 0.25) is 0 Å². The summed E-state index contributed by atoms with van der Waals surface area (Å²) in [6, 6.07) is 6.20. The molecule has 24 heavy (non-hydrogen) atoms. The second-order valence-corrected chi connectivity index (χ2v) is 6.62. The van der Waals surface area contributed by atoms with Crippen molar-refractivity contribution in [2.24, 2.45) is 5.92 Å². The minimum Gasteiger partial charge on any atom is -0.356 e. The quantitative estimate of drug-likeness (QED) is 0.796. The lowest BCUT2D eigenvalue weighted by Crippen LogP contribution is -2.34. The summed E-state index contributed by atoms with van der Waals surface area (Å²) in [5.74, 6) is 0.841. The Hall–Kier alpha value is -2.44. The predicted octanol–water partition coefficient (Wildman–Crippen LogP) is 0.789. The maximum Gasteiger partial charge on any atom is 0.225 e. The molecule has 0 spiro atoms. The SMILES string of the molecule is O=C(NCCCc1nnc2ccccn12)C1CC(=O)N(C2CC2)C1. The lowest BCUT2D eigenvalue weighted by atomic mass is 10.1. The fourth-order valence-corrected chi connectivity index (χ4v) is 3.31. The van der Waals surface area contributed by atoms with Crippen molar-refractivity contribution in [3.63, 3.8) is 0 Å². The molecule has 7 nitrogen and oxygen atoms in total. The van der Waals surface area contributed by atoms with Gasteiger partial charge in [-0.05, 0) is 31.4 Å². The Morgan fingerprint density at radius 3 is 3.00 bits per heavy atom. The Bertz CT molecular complexity index is 767. The Balaban J connectivity index is 1.24. The number of hydrogen-bond acceptors (Lipinski definition) is 4. The Kier molecular flexibility index (Phi) is 3.92. The number of rotatable bonds is 6. The highest BCUT2D eigenvalue weighted by atomic mass is 16.2. The molecule has 2 fully saturated rings. The van der Waals surface area contributed by atoms with E-state index in [-0.39, 0.29) is 17.7 Å². The number of fused-ring (bicyclic) bond motifs is 1. The summed E-state index contributed by atoms with van der Waals surface area (Å²) in [4.78, 5) is 26.0. The van der Waals surface area contributed by atoms with Crippen molar-refractivity contribution in [3.05, 3.63) is 30.2 Å². The van der Waals surface area contributed by atoms with E-state index in [1.165, 1.54) is 0 Å². The van der Waals surface area contributed by atoms with Crippen LogP contribution in [0.3, 0.4) is 0 Å². The number of likely N-dealkylation sites (tertiary alicyclic amines) is 1. The predicted molar refractivity (Wildman–Crippen MR) is 87.2 cm³/mol. The number of pyridine rings is 1. The molecular weight excluding hydrogens is 306 g/mol. The van der Waals surface area contributed by atoms with E-state index in [1.807, 2.05) is 33.7 Å². The van der Waals surface area contributed by atoms with Gasteiger partial charge in [0, 0.05) is 38.2 Å². The smallest absolute Gasteiger partial charge is 0.225 e. The normalized spacial score (nSPS) is 20.8. The lowest BCUT2D eigenvalue weighted by Gasteiger charge is -2.15. The van der Waals surface area contributed by atoms with Crippen LogP contribution in [0.25, 0.3) is 5.65 Å². The van der Waals surface area contributed by atoms with Crippen LogP contribution < -0.4 is 5.32 Å². The Labute approximate surface area is 140 Å². The van der Waals surface area contributed by atoms with Gasteiger partial charge in [0.25, 0.3) is 0 Å².